The molecular formula is C12H5ClN2O2. The quantitative estimate of drug-likeness (QED) is 0.644. The minimum atomic E-state index is -0.417. The molecule has 1 aromatic carbocycles. The van der Waals surface area contributed by atoms with Crippen molar-refractivity contribution in [3.05, 3.63) is 66.6 Å². The van der Waals surface area contributed by atoms with Gasteiger partial charge in [0.25, 0.3) is 11.1 Å². The van der Waals surface area contributed by atoms with Gasteiger partial charge < -0.3 is 0 Å². The first-order valence-electron chi connectivity index (χ1n) is 4.89. The molecule has 4 nitrogen and oxygen atoms in total. The molecule has 0 fully saturated rings. The van der Waals surface area contributed by atoms with Crippen LogP contribution in [-0.4, -0.2) is 9.97 Å². The second kappa shape index (κ2) is 3.46. The van der Waals surface area contributed by atoms with Crippen LogP contribution in [-0.2, 0) is 0 Å². The Labute approximate surface area is 99.9 Å². The monoisotopic (exact) mass is 244 g/mol. The summed E-state index contributed by atoms with van der Waals surface area (Å²) in [6, 6.07) is 6.80. The largest absolute Gasteiger partial charge is 0.280 e. The molecule has 0 aromatic heterocycles. The van der Waals surface area contributed by atoms with Crippen molar-refractivity contribution in [3.63, 3.8) is 0 Å². The van der Waals surface area contributed by atoms with Crippen LogP contribution in [0.25, 0.3) is 11.3 Å². The Balaban J connectivity index is 2.41. The number of hydrogen-bond acceptors (Lipinski definition) is 4. The first-order chi connectivity index (χ1) is 8.16. The minimum Gasteiger partial charge on any atom is -0.267 e. The van der Waals surface area contributed by atoms with Gasteiger partial charge in [0.05, 0.1) is 16.1 Å². The minimum absolute atomic E-state index is 0.278. The van der Waals surface area contributed by atoms with Crippen LogP contribution in [0.1, 0.15) is 0 Å². The lowest BCUT2D eigenvalue weighted by atomic mass is 10.1. The second-order valence-corrected chi connectivity index (χ2v) is 4.06. The van der Waals surface area contributed by atoms with Crippen LogP contribution in [0, 0.1) is 10.4 Å². The molecule has 0 saturated heterocycles. The van der Waals surface area contributed by atoms with E-state index in [-0.39, 0.29) is 10.4 Å². The number of nitrogens with zero attached hydrogens (tertiary/aromatic N) is 2. The zero-order valence-electron chi connectivity index (χ0n) is 8.48. The van der Waals surface area contributed by atoms with Crippen molar-refractivity contribution >= 4 is 11.6 Å². The molecule has 82 valence electrons. The molecule has 0 amide bonds. The zero-order valence-corrected chi connectivity index (χ0v) is 9.23. The van der Waals surface area contributed by atoms with Gasteiger partial charge in [-0.3, -0.25) is 9.59 Å². The number of benzene rings is 1. The van der Waals surface area contributed by atoms with Gasteiger partial charge in [-0.25, -0.2) is 9.97 Å². The average Bonchev–Trinajstić information content (AvgIpc) is 2.83. The molecule has 0 aliphatic carbocycles. The Bertz CT molecular complexity index is 830. The number of hydrogen-bond donors (Lipinski definition) is 0. The molecule has 1 aromatic rings. The Kier molecular flexibility index (Phi) is 2.06. The van der Waals surface area contributed by atoms with Crippen LogP contribution in [0.5, 0.6) is 0 Å². The highest BCUT2D eigenvalue weighted by Gasteiger charge is 2.13. The van der Waals surface area contributed by atoms with E-state index >= 15 is 0 Å². The molecule has 0 N–H and O–H groups in total. The van der Waals surface area contributed by atoms with Gasteiger partial charge in [0.15, 0.2) is 0 Å². The predicted octanol–water partition coefficient (Wildman–Crippen LogP) is 1.12. The molecule has 2 heterocycles. The van der Waals surface area contributed by atoms with Crippen molar-refractivity contribution in [3.8, 4) is 11.3 Å². The van der Waals surface area contributed by atoms with E-state index in [4.69, 9.17) is 11.6 Å². The lowest BCUT2D eigenvalue weighted by Gasteiger charge is -1.95. The fourth-order valence-corrected chi connectivity index (χ4v) is 1.92. The fourth-order valence-electron chi connectivity index (χ4n) is 1.79. The third-order valence-electron chi connectivity index (χ3n) is 2.59. The van der Waals surface area contributed by atoms with Gasteiger partial charge in [-0.2, -0.15) is 0 Å². The fraction of sp³-hybridized carbons (Fsp3) is 0. The summed E-state index contributed by atoms with van der Waals surface area (Å²) in [6.45, 7) is 0. The summed E-state index contributed by atoms with van der Waals surface area (Å²) < 4.78 is 0. The van der Waals surface area contributed by atoms with Crippen molar-refractivity contribution in [1.82, 2.24) is 9.97 Å². The molecule has 2 aliphatic heterocycles. The van der Waals surface area contributed by atoms with E-state index < -0.39 is 11.1 Å². The second-order valence-electron chi connectivity index (χ2n) is 3.62. The van der Waals surface area contributed by atoms with Gasteiger partial charge in [0.1, 0.15) is 0 Å². The Morgan fingerprint density at radius 1 is 1.00 bits per heavy atom. The van der Waals surface area contributed by atoms with Gasteiger partial charge >= 0.3 is 0 Å². The molecule has 3 rings (SSSR count). The molecule has 2 aliphatic rings. The molecule has 0 bridgehead atoms. The molecule has 0 spiro atoms. The lowest BCUT2D eigenvalue weighted by Crippen LogP contribution is -2.01. The van der Waals surface area contributed by atoms with Crippen LogP contribution >= 0.6 is 11.6 Å². The topological polar surface area (TPSA) is 59.9 Å². The Hall–Kier alpha value is -2.07. The van der Waals surface area contributed by atoms with Crippen LogP contribution < -0.4 is 11.1 Å². The highest BCUT2D eigenvalue weighted by molar-refractivity contribution is 6.30. The van der Waals surface area contributed by atoms with E-state index in [1.807, 2.05) is 0 Å². The average molecular weight is 245 g/mol. The van der Waals surface area contributed by atoms with Crippen LogP contribution in [0.3, 0.4) is 0 Å². The third-order valence-corrected chi connectivity index (χ3v) is 2.84. The van der Waals surface area contributed by atoms with E-state index in [1.54, 1.807) is 24.3 Å². The molecule has 0 saturated carbocycles. The first-order valence-corrected chi connectivity index (χ1v) is 5.26. The summed E-state index contributed by atoms with van der Waals surface area (Å²) in [4.78, 5) is 30.5. The van der Waals surface area contributed by atoms with E-state index in [1.165, 1.54) is 6.20 Å². The van der Waals surface area contributed by atoms with E-state index in [9.17, 15) is 9.59 Å². The van der Waals surface area contributed by atoms with Gasteiger partial charge in [-0.05, 0) is 12.1 Å². The summed E-state index contributed by atoms with van der Waals surface area (Å²) in [5.74, 6) is 0. The molecule has 0 atom stereocenters. The molecular weight excluding hydrogens is 240 g/mol. The van der Waals surface area contributed by atoms with Crippen molar-refractivity contribution in [2.45, 2.75) is 0 Å². The maximum Gasteiger partial charge on any atom is 0.280 e. The van der Waals surface area contributed by atoms with Crippen LogP contribution in [0.2, 0.25) is 5.02 Å². The Morgan fingerprint density at radius 3 is 2.41 bits per heavy atom. The highest BCUT2D eigenvalue weighted by Crippen LogP contribution is 2.19. The highest BCUT2D eigenvalue weighted by atomic mass is 35.5. The molecule has 5 heteroatoms. The smallest absolute Gasteiger partial charge is 0.267 e. The first kappa shape index (κ1) is 10.1. The van der Waals surface area contributed by atoms with Gasteiger partial charge in [-0.15, -0.1) is 0 Å². The van der Waals surface area contributed by atoms with Crippen molar-refractivity contribution < 1.29 is 0 Å². The number of aromatic nitrogens is 2. The maximum absolute atomic E-state index is 11.5. The van der Waals surface area contributed by atoms with E-state index in [2.05, 4.69) is 9.97 Å². The third kappa shape index (κ3) is 1.45. The summed E-state index contributed by atoms with van der Waals surface area (Å²) in [5.41, 5.74) is 0.231. The summed E-state index contributed by atoms with van der Waals surface area (Å²) in [7, 11) is 0. The normalized spacial score (nSPS) is 11.1. The maximum atomic E-state index is 11.5. The van der Waals surface area contributed by atoms with Crippen molar-refractivity contribution in [2.75, 3.05) is 0 Å². The lowest BCUT2D eigenvalue weighted by molar-refractivity contribution is 1.23. The predicted molar refractivity (Wildman–Crippen MR) is 62.7 cm³/mol. The molecule has 0 unspecified atom stereocenters. The van der Waals surface area contributed by atoms with Crippen molar-refractivity contribution in [2.24, 2.45) is 0 Å². The van der Waals surface area contributed by atoms with E-state index in [0.717, 1.165) is 0 Å². The van der Waals surface area contributed by atoms with Gasteiger partial charge in [0.2, 0.25) is 0 Å². The summed E-state index contributed by atoms with van der Waals surface area (Å²) in [6.07, 6.45) is 1.27. The van der Waals surface area contributed by atoms with Crippen LogP contribution in [0.4, 0.5) is 0 Å². The molecule has 17 heavy (non-hydrogen) atoms. The Morgan fingerprint density at radius 2 is 1.71 bits per heavy atom. The summed E-state index contributed by atoms with van der Waals surface area (Å²) in [5, 5.41) is 1.15. The SMILES string of the molecule is O=c1nc(-c2ccc(Cl)cc2)c2c(=O)ncc1=2. The zero-order chi connectivity index (χ0) is 12.0. The number of halogens is 1. The van der Waals surface area contributed by atoms with Crippen LogP contribution in [0.15, 0.2) is 40.1 Å². The standard InChI is InChI=1S/C12H5ClN2O2/c13-7-3-1-6(2-4-7)10-9-8(11(16)15-10)5-14-12(9)17/h1-5H. The molecule has 0 radical (unpaired) electrons. The summed E-state index contributed by atoms with van der Waals surface area (Å²) >= 11 is 5.78. The van der Waals surface area contributed by atoms with Gasteiger partial charge in [-0.1, -0.05) is 23.7 Å². The number of rotatable bonds is 1. The van der Waals surface area contributed by atoms with Gasteiger partial charge in [0, 0.05) is 16.8 Å². The van der Waals surface area contributed by atoms with Crippen molar-refractivity contribution in [1.29, 1.82) is 0 Å². The van der Waals surface area contributed by atoms with E-state index in [0.29, 0.717) is 16.3 Å².